The van der Waals surface area contributed by atoms with Gasteiger partial charge in [-0.2, -0.15) is 5.10 Å². The van der Waals surface area contributed by atoms with Crippen LogP contribution in [-0.2, 0) is 0 Å². The minimum atomic E-state index is -0.170. The molecule has 0 radical (unpaired) electrons. The first-order valence-electron chi connectivity index (χ1n) is 7.97. The topological polar surface area (TPSA) is 97.9 Å². The van der Waals surface area contributed by atoms with Crippen LogP contribution in [0.2, 0.25) is 0 Å². The summed E-state index contributed by atoms with van der Waals surface area (Å²) in [7, 11) is 0. The molecule has 3 heterocycles. The SMILES string of the molecule is Cc1nn(-c2ccc(NCCNC(=O)c3ccoc3)nn2)c(C)c1C. The van der Waals surface area contributed by atoms with Crippen molar-refractivity contribution in [2.45, 2.75) is 20.8 Å². The van der Waals surface area contributed by atoms with E-state index in [2.05, 4.69) is 25.9 Å². The number of carbonyl (C=O) groups is 1. The number of aryl methyl sites for hydroxylation is 1. The van der Waals surface area contributed by atoms with Crippen molar-refractivity contribution >= 4 is 11.7 Å². The second-order valence-corrected chi connectivity index (χ2v) is 5.68. The highest BCUT2D eigenvalue weighted by Crippen LogP contribution is 2.15. The van der Waals surface area contributed by atoms with Gasteiger partial charge >= 0.3 is 0 Å². The van der Waals surface area contributed by atoms with Gasteiger partial charge in [0.05, 0.1) is 17.5 Å². The number of rotatable bonds is 6. The second kappa shape index (κ2) is 7.16. The summed E-state index contributed by atoms with van der Waals surface area (Å²) in [6.07, 6.45) is 2.88. The van der Waals surface area contributed by atoms with E-state index in [1.54, 1.807) is 10.7 Å². The number of anilines is 1. The maximum Gasteiger partial charge on any atom is 0.254 e. The Morgan fingerprint density at radius 3 is 2.60 bits per heavy atom. The Labute approximate surface area is 145 Å². The molecule has 3 aromatic rings. The molecule has 0 aliphatic heterocycles. The molecule has 0 saturated heterocycles. The van der Waals surface area contributed by atoms with Gasteiger partial charge in [-0.1, -0.05) is 0 Å². The van der Waals surface area contributed by atoms with Gasteiger partial charge in [-0.05, 0) is 44.5 Å². The summed E-state index contributed by atoms with van der Waals surface area (Å²) < 4.78 is 6.66. The lowest BCUT2D eigenvalue weighted by Gasteiger charge is -2.07. The molecule has 8 heteroatoms. The smallest absolute Gasteiger partial charge is 0.254 e. The molecule has 25 heavy (non-hydrogen) atoms. The predicted octanol–water partition coefficient (Wildman–Crippen LogP) is 2.02. The summed E-state index contributed by atoms with van der Waals surface area (Å²) >= 11 is 0. The summed E-state index contributed by atoms with van der Waals surface area (Å²) in [4.78, 5) is 11.7. The van der Waals surface area contributed by atoms with Gasteiger partial charge in [0.25, 0.3) is 5.91 Å². The highest BCUT2D eigenvalue weighted by Gasteiger charge is 2.10. The Morgan fingerprint density at radius 1 is 1.16 bits per heavy atom. The molecule has 8 nitrogen and oxygen atoms in total. The molecule has 0 fully saturated rings. The quantitative estimate of drug-likeness (QED) is 0.666. The molecule has 0 atom stereocenters. The lowest BCUT2D eigenvalue weighted by Crippen LogP contribution is -2.28. The van der Waals surface area contributed by atoms with Crippen molar-refractivity contribution in [1.29, 1.82) is 0 Å². The molecule has 3 rings (SSSR count). The number of nitrogens with zero attached hydrogens (tertiary/aromatic N) is 4. The molecule has 130 valence electrons. The van der Waals surface area contributed by atoms with Gasteiger partial charge < -0.3 is 15.1 Å². The average molecular weight is 340 g/mol. The van der Waals surface area contributed by atoms with Gasteiger partial charge in [-0.25, -0.2) is 4.68 Å². The summed E-state index contributed by atoms with van der Waals surface area (Å²) in [5.41, 5.74) is 3.69. The molecule has 0 aromatic carbocycles. The lowest BCUT2D eigenvalue weighted by molar-refractivity contribution is 0.0954. The first-order chi connectivity index (χ1) is 12.1. The van der Waals surface area contributed by atoms with Gasteiger partial charge in [-0.15, -0.1) is 10.2 Å². The summed E-state index contributed by atoms with van der Waals surface area (Å²) in [5, 5.41) is 18.7. The Kier molecular flexibility index (Phi) is 4.78. The molecule has 0 saturated carbocycles. The summed E-state index contributed by atoms with van der Waals surface area (Å²) in [6.45, 7) is 7.02. The third kappa shape index (κ3) is 3.68. The van der Waals surface area contributed by atoms with Crippen LogP contribution >= 0.6 is 0 Å². The number of hydrogen-bond acceptors (Lipinski definition) is 6. The van der Waals surface area contributed by atoms with E-state index < -0.39 is 0 Å². The maximum atomic E-state index is 11.7. The van der Waals surface area contributed by atoms with Gasteiger partial charge in [0, 0.05) is 18.8 Å². The molecular formula is C17H20N6O2. The minimum absolute atomic E-state index is 0.170. The average Bonchev–Trinajstić information content (AvgIpc) is 3.24. The van der Waals surface area contributed by atoms with E-state index in [9.17, 15) is 4.79 Å². The third-order valence-electron chi connectivity index (χ3n) is 4.02. The van der Waals surface area contributed by atoms with Crippen molar-refractivity contribution in [3.8, 4) is 5.82 Å². The number of amides is 1. The molecule has 2 N–H and O–H groups in total. The molecule has 0 spiro atoms. The Balaban J connectivity index is 1.53. The molecule has 0 bridgehead atoms. The van der Waals surface area contributed by atoms with E-state index in [-0.39, 0.29) is 5.91 Å². The van der Waals surface area contributed by atoms with Crippen molar-refractivity contribution in [3.05, 3.63) is 53.2 Å². The second-order valence-electron chi connectivity index (χ2n) is 5.68. The van der Waals surface area contributed by atoms with E-state index in [0.29, 0.717) is 30.3 Å². The Hall–Kier alpha value is -3.16. The van der Waals surface area contributed by atoms with Crippen molar-refractivity contribution < 1.29 is 9.21 Å². The fraction of sp³-hybridized carbons (Fsp3) is 0.294. The largest absolute Gasteiger partial charge is 0.472 e. The monoisotopic (exact) mass is 340 g/mol. The highest BCUT2D eigenvalue weighted by molar-refractivity contribution is 5.93. The predicted molar refractivity (Wildman–Crippen MR) is 92.9 cm³/mol. The molecule has 0 aliphatic rings. The third-order valence-corrected chi connectivity index (χ3v) is 4.02. The van der Waals surface area contributed by atoms with Crippen LogP contribution in [0.1, 0.15) is 27.3 Å². The van der Waals surface area contributed by atoms with Crippen LogP contribution in [-0.4, -0.2) is 39.0 Å². The normalized spacial score (nSPS) is 10.7. The number of nitrogens with one attached hydrogen (secondary N) is 2. The standard InChI is InChI=1S/C17H20N6O2/c1-11-12(2)22-23(13(11)3)16-5-4-15(20-21-16)18-7-8-19-17(24)14-6-9-25-10-14/h4-6,9-10H,7-8H2,1-3H3,(H,18,20)(H,19,24). The van der Waals surface area contributed by atoms with E-state index in [4.69, 9.17) is 4.42 Å². The summed E-state index contributed by atoms with van der Waals surface area (Å²) in [5.74, 6) is 1.14. The number of furan rings is 1. The van der Waals surface area contributed by atoms with Crippen molar-refractivity contribution in [3.63, 3.8) is 0 Å². The summed E-state index contributed by atoms with van der Waals surface area (Å²) in [6, 6.07) is 5.32. The van der Waals surface area contributed by atoms with E-state index >= 15 is 0 Å². The van der Waals surface area contributed by atoms with Crippen LogP contribution < -0.4 is 10.6 Å². The maximum absolute atomic E-state index is 11.7. The van der Waals surface area contributed by atoms with Gasteiger partial charge in [-0.3, -0.25) is 4.79 Å². The van der Waals surface area contributed by atoms with E-state index in [1.165, 1.54) is 12.5 Å². The zero-order chi connectivity index (χ0) is 17.8. The van der Waals surface area contributed by atoms with Crippen LogP contribution in [0.15, 0.2) is 35.1 Å². The van der Waals surface area contributed by atoms with Crippen LogP contribution in [0.5, 0.6) is 0 Å². The number of carbonyl (C=O) groups excluding carboxylic acids is 1. The van der Waals surface area contributed by atoms with Crippen LogP contribution in [0.25, 0.3) is 5.82 Å². The molecule has 1 amide bonds. The van der Waals surface area contributed by atoms with Gasteiger partial charge in [0.15, 0.2) is 5.82 Å². The lowest BCUT2D eigenvalue weighted by atomic mass is 10.2. The fourth-order valence-corrected chi connectivity index (χ4v) is 2.34. The minimum Gasteiger partial charge on any atom is -0.472 e. The Bertz CT molecular complexity index is 852. The zero-order valence-corrected chi connectivity index (χ0v) is 14.4. The first-order valence-corrected chi connectivity index (χ1v) is 7.97. The van der Waals surface area contributed by atoms with Crippen LogP contribution in [0, 0.1) is 20.8 Å². The molecular weight excluding hydrogens is 320 g/mol. The van der Waals surface area contributed by atoms with E-state index in [0.717, 1.165) is 17.0 Å². The van der Waals surface area contributed by atoms with Gasteiger partial charge in [0.1, 0.15) is 12.1 Å². The van der Waals surface area contributed by atoms with Crippen LogP contribution in [0.4, 0.5) is 5.82 Å². The van der Waals surface area contributed by atoms with Gasteiger partial charge in [0.2, 0.25) is 0 Å². The molecule has 3 aromatic heterocycles. The van der Waals surface area contributed by atoms with Crippen molar-refractivity contribution in [2.75, 3.05) is 18.4 Å². The van der Waals surface area contributed by atoms with Crippen LogP contribution in [0.3, 0.4) is 0 Å². The fourth-order valence-electron chi connectivity index (χ4n) is 2.34. The molecule has 0 aliphatic carbocycles. The Morgan fingerprint density at radius 2 is 2.00 bits per heavy atom. The number of aromatic nitrogens is 4. The highest BCUT2D eigenvalue weighted by atomic mass is 16.3. The van der Waals surface area contributed by atoms with Crippen molar-refractivity contribution in [1.82, 2.24) is 25.3 Å². The molecule has 0 unspecified atom stereocenters. The first kappa shape index (κ1) is 16.7. The van der Waals surface area contributed by atoms with Crippen molar-refractivity contribution in [2.24, 2.45) is 0 Å². The zero-order valence-electron chi connectivity index (χ0n) is 14.4. The number of hydrogen-bond donors (Lipinski definition) is 2. The van der Waals surface area contributed by atoms with E-state index in [1.807, 2.05) is 32.9 Å².